The van der Waals surface area contributed by atoms with Crippen LogP contribution in [0.15, 0.2) is 24.3 Å². The van der Waals surface area contributed by atoms with Crippen molar-refractivity contribution in [1.82, 2.24) is 9.80 Å². The largest absolute Gasteiger partial charge is 0.416 e. The zero-order valence-electron chi connectivity index (χ0n) is 15.7. The van der Waals surface area contributed by atoms with Crippen molar-refractivity contribution in [1.29, 1.82) is 0 Å². The summed E-state index contributed by atoms with van der Waals surface area (Å²) in [6, 6.07) is 5.56. The quantitative estimate of drug-likeness (QED) is 0.735. The number of likely N-dealkylation sites (N-methyl/N-ethyl adjacent to an activating group) is 1. The maximum absolute atomic E-state index is 12.7. The molecule has 2 fully saturated rings. The van der Waals surface area contributed by atoms with Gasteiger partial charge in [0.1, 0.15) is 0 Å². The Labute approximate surface area is 165 Å². The van der Waals surface area contributed by atoms with Gasteiger partial charge >= 0.3 is 6.18 Å². The van der Waals surface area contributed by atoms with E-state index in [9.17, 15) is 18.0 Å². The van der Waals surface area contributed by atoms with Crippen LogP contribution in [0.3, 0.4) is 0 Å². The predicted molar refractivity (Wildman–Crippen MR) is 102 cm³/mol. The highest BCUT2D eigenvalue weighted by Gasteiger charge is 2.35. The zero-order chi connectivity index (χ0) is 18.7. The van der Waals surface area contributed by atoms with Crippen LogP contribution in [-0.4, -0.2) is 47.9 Å². The molecule has 1 aromatic rings. The Morgan fingerprint density at radius 1 is 1.07 bits per heavy atom. The molecule has 1 saturated heterocycles. The number of rotatable bonds is 4. The van der Waals surface area contributed by atoms with Gasteiger partial charge in [0.05, 0.1) is 12.0 Å². The Hall–Kier alpha value is -1.27. The summed E-state index contributed by atoms with van der Waals surface area (Å²) in [5.41, 5.74) is -0.0492. The lowest BCUT2D eigenvalue weighted by molar-refractivity contribution is -0.137. The van der Waals surface area contributed by atoms with Crippen LogP contribution in [0, 0.1) is 0 Å². The molecule has 27 heavy (non-hydrogen) atoms. The minimum Gasteiger partial charge on any atom is -0.341 e. The van der Waals surface area contributed by atoms with Gasteiger partial charge in [0.2, 0.25) is 5.91 Å². The summed E-state index contributed by atoms with van der Waals surface area (Å²) in [7, 11) is 1.85. The second kappa shape index (κ2) is 9.28. The lowest BCUT2D eigenvalue weighted by Crippen LogP contribution is -2.53. The van der Waals surface area contributed by atoms with E-state index in [0.29, 0.717) is 11.6 Å². The number of hydrogen-bond acceptors (Lipinski definition) is 2. The summed E-state index contributed by atoms with van der Waals surface area (Å²) in [5.74, 6) is -0.0131. The molecule has 1 aliphatic carbocycles. The fraction of sp³-hybridized carbons (Fsp3) is 0.650. The van der Waals surface area contributed by atoms with Crippen LogP contribution in [0.4, 0.5) is 13.2 Å². The van der Waals surface area contributed by atoms with Crippen molar-refractivity contribution in [2.24, 2.45) is 0 Å². The lowest BCUT2D eigenvalue weighted by atomic mass is 9.88. The molecule has 1 aliphatic heterocycles. The van der Waals surface area contributed by atoms with Crippen LogP contribution in [0.2, 0.25) is 0 Å². The van der Waals surface area contributed by atoms with Crippen LogP contribution in [-0.2, 0) is 17.4 Å². The normalized spacial score (nSPS) is 23.7. The van der Waals surface area contributed by atoms with Gasteiger partial charge in [0, 0.05) is 19.1 Å². The molecule has 7 heteroatoms. The van der Waals surface area contributed by atoms with Gasteiger partial charge in [-0.25, -0.2) is 0 Å². The first-order chi connectivity index (χ1) is 12.4. The minimum atomic E-state index is -4.34. The average molecular weight is 405 g/mol. The Morgan fingerprint density at radius 2 is 1.67 bits per heavy atom. The number of benzene rings is 1. The van der Waals surface area contributed by atoms with E-state index in [2.05, 4.69) is 4.90 Å². The first-order valence-electron chi connectivity index (χ1n) is 9.52. The van der Waals surface area contributed by atoms with Gasteiger partial charge in [0.25, 0.3) is 0 Å². The monoisotopic (exact) mass is 404 g/mol. The smallest absolute Gasteiger partial charge is 0.341 e. The Kier molecular flexibility index (Phi) is 7.57. The number of alkyl halides is 3. The first-order valence-corrected chi connectivity index (χ1v) is 9.52. The van der Waals surface area contributed by atoms with Crippen LogP contribution in [0.1, 0.15) is 49.7 Å². The SMILES string of the molecule is CN(C(=O)Cc1ccc(C(F)(F)F)cc1)C1CCCCC1N1CCCC1.Cl. The lowest BCUT2D eigenvalue weighted by Gasteiger charge is -2.42. The van der Waals surface area contributed by atoms with E-state index in [0.717, 1.165) is 44.5 Å². The third kappa shape index (κ3) is 5.38. The van der Waals surface area contributed by atoms with Crippen molar-refractivity contribution in [2.75, 3.05) is 20.1 Å². The molecule has 0 radical (unpaired) electrons. The molecule has 152 valence electrons. The number of carbonyl (C=O) groups excluding carboxylic acids is 1. The summed E-state index contributed by atoms with van der Waals surface area (Å²) in [6.07, 6.45) is 2.74. The highest BCUT2D eigenvalue weighted by Crippen LogP contribution is 2.30. The van der Waals surface area contributed by atoms with E-state index in [1.54, 1.807) is 0 Å². The van der Waals surface area contributed by atoms with Crippen molar-refractivity contribution < 1.29 is 18.0 Å². The fourth-order valence-electron chi connectivity index (χ4n) is 4.34. The molecular weight excluding hydrogens is 377 g/mol. The number of hydrogen-bond donors (Lipinski definition) is 0. The van der Waals surface area contributed by atoms with Crippen LogP contribution in [0.25, 0.3) is 0 Å². The van der Waals surface area contributed by atoms with Gasteiger partial charge in [-0.15, -0.1) is 12.4 Å². The number of carbonyl (C=O) groups is 1. The Balaban J connectivity index is 0.00000261. The molecule has 2 unspecified atom stereocenters. The van der Waals surface area contributed by atoms with Gasteiger partial charge in [-0.05, 0) is 56.5 Å². The molecule has 2 atom stereocenters. The maximum Gasteiger partial charge on any atom is 0.416 e. The van der Waals surface area contributed by atoms with Gasteiger partial charge < -0.3 is 4.90 Å². The number of likely N-dealkylation sites (tertiary alicyclic amines) is 1. The van der Waals surface area contributed by atoms with E-state index in [1.165, 1.54) is 31.4 Å². The van der Waals surface area contributed by atoms with Crippen molar-refractivity contribution in [3.05, 3.63) is 35.4 Å². The van der Waals surface area contributed by atoms with Crippen molar-refractivity contribution in [3.63, 3.8) is 0 Å². The molecule has 3 nitrogen and oxygen atoms in total. The van der Waals surface area contributed by atoms with E-state index in [1.807, 2.05) is 11.9 Å². The van der Waals surface area contributed by atoms with Crippen LogP contribution in [0.5, 0.6) is 0 Å². The third-order valence-electron chi connectivity index (χ3n) is 5.83. The molecule has 1 heterocycles. The summed E-state index contributed by atoms with van der Waals surface area (Å²) in [6.45, 7) is 2.23. The summed E-state index contributed by atoms with van der Waals surface area (Å²) in [5, 5.41) is 0. The molecule has 1 amide bonds. The maximum atomic E-state index is 12.7. The minimum absolute atomic E-state index is 0. The van der Waals surface area contributed by atoms with Gasteiger partial charge in [0.15, 0.2) is 0 Å². The molecule has 1 aromatic carbocycles. The Morgan fingerprint density at radius 3 is 2.26 bits per heavy atom. The summed E-state index contributed by atoms with van der Waals surface area (Å²) < 4.78 is 38.0. The van der Waals surface area contributed by atoms with Crippen LogP contribution < -0.4 is 0 Å². The summed E-state index contributed by atoms with van der Waals surface area (Å²) >= 11 is 0. The second-order valence-corrected chi connectivity index (χ2v) is 7.54. The van der Waals surface area contributed by atoms with Crippen molar-refractivity contribution in [2.45, 2.75) is 63.2 Å². The third-order valence-corrected chi connectivity index (χ3v) is 5.83. The predicted octanol–water partition coefficient (Wildman–Crippen LogP) is 4.54. The molecule has 0 aromatic heterocycles. The highest BCUT2D eigenvalue weighted by atomic mass is 35.5. The molecular formula is C20H28ClF3N2O. The van der Waals surface area contributed by atoms with E-state index >= 15 is 0 Å². The summed E-state index contributed by atoms with van der Waals surface area (Å²) in [4.78, 5) is 17.1. The average Bonchev–Trinajstić information content (AvgIpc) is 3.15. The molecule has 0 N–H and O–H groups in total. The number of nitrogens with zero attached hydrogens (tertiary/aromatic N) is 2. The first kappa shape index (κ1) is 22.0. The molecule has 3 rings (SSSR count). The van der Waals surface area contributed by atoms with E-state index in [-0.39, 0.29) is 30.8 Å². The van der Waals surface area contributed by atoms with E-state index < -0.39 is 11.7 Å². The topological polar surface area (TPSA) is 23.6 Å². The number of halogens is 4. The molecule has 0 bridgehead atoms. The van der Waals surface area contributed by atoms with Crippen molar-refractivity contribution >= 4 is 18.3 Å². The Bertz CT molecular complexity index is 615. The molecule has 0 spiro atoms. The van der Waals surface area contributed by atoms with Gasteiger partial charge in [-0.3, -0.25) is 9.69 Å². The highest BCUT2D eigenvalue weighted by molar-refractivity contribution is 5.85. The molecule has 2 aliphatic rings. The van der Waals surface area contributed by atoms with Crippen LogP contribution >= 0.6 is 12.4 Å². The second-order valence-electron chi connectivity index (χ2n) is 7.54. The van der Waals surface area contributed by atoms with Gasteiger partial charge in [-0.2, -0.15) is 13.2 Å². The standard InChI is InChI=1S/C20H27F3N2O.ClH/c1-24(17-6-2-3-7-18(17)25-12-4-5-13-25)19(26)14-15-8-10-16(11-9-15)20(21,22)23;/h8-11,17-18H,2-7,12-14H2,1H3;1H. The number of amides is 1. The van der Waals surface area contributed by atoms with Crippen molar-refractivity contribution in [3.8, 4) is 0 Å². The zero-order valence-corrected chi connectivity index (χ0v) is 16.5. The fourth-order valence-corrected chi connectivity index (χ4v) is 4.34. The van der Waals surface area contributed by atoms with E-state index in [4.69, 9.17) is 0 Å². The molecule has 1 saturated carbocycles. The van der Waals surface area contributed by atoms with Gasteiger partial charge in [-0.1, -0.05) is 25.0 Å².